The Labute approximate surface area is 170 Å². The molecule has 1 fully saturated rings. The molecule has 0 aromatic heterocycles. The highest BCUT2D eigenvalue weighted by Crippen LogP contribution is 2.45. The molecule has 4 nitrogen and oxygen atoms in total. The molecule has 1 saturated heterocycles. The molecule has 0 spiro atoms. The maximum absolute atomic E-state index is 12.8. The molecule has 4 heteroatoms. The molecule has 1 heterocycles. The second-order valence-electron chi connectivity index (χ2n) is 9.79. The minimum absolute atomic E-state index is 0.0191. The first-order valence-corrected chi connectivity index (χ1v) is 11.0. The van der Waals surface area contributed by atoms with Crippen molar-refractivity contribution in [1.29, 1.82) is 0 Å². The van der Waals surface area contributed by atoms with Gasteiger partial charge in [0.1, 0.15) is 0 Å². The number of fused-ring (bicyclic) bond motifs is 1. The molecule has 1 aromatic carbocycles. The number of carbonyl (C=O) groups is 1. The number of piperidine rings is 1. The van der Waals surface area contributed by atoms with Crippen molar-refractivity contribution >= 4 is 6.03 Å². The highest BCUT2D eigenvalue weighted by Gasteiger charge is 2.39. The Bertz CT molecular complexity index is 703. The Kier molecular flexibility index (Phi) is 6.09. The SMILES string of the molecule is C[C@@H]1CCc2ccc(C(C)(C)O)cc2[C@]1(C)CCN(C)C(=O)N1CCCCC1. The molecule has 2 atom stereocenters. The molecule has 1 aliphatic heterocycles. The molecule has 3 rings (SSSR count). The van der Waals surface area contributed by atoms with Gasteiger partial charge in [-0.3, -0.25) is 0 Å². The Morgan fingerprint density at radius 1 is 1.29 bits per heavy atom. The molecular weight excluding hydrogens is 348 g/mol. The highest BCUT2D eigenvalue weighted by molar-refractivity contribution is 5.74. The number of aliphatic hydroxyl groups is 1. The third kappa shape index (κ3) is 4.22. The predicted octanol–water partition coefficient (Wildman–Crippen LogP) is 4.68. The minimum Gasteiger partial charge on any atom is -0.386 e. The molecule has 0 bridgehead atoms. The van der Waals surface area contributed by atoms with Gasteiger partial charge in [0.05, 0.1) is 5.60 Å². The van der Waals surface area contributed by atoms with Gasteiger partial charge in [0.15, 0.2) is 0 Å². The van der Waals surface area contributed by atoms with E-state index in [9.17, 15) is 9.90 Å². The number of hydrogen-bond donors (Lipinski definition) is 1. The molecule has 1 aliphatic carbocycles. The Morgan fingerprint density at radius 2 is 1.96 bits per heavy atom. The number of likely N-dealkylation sites (tertiary alicyclic amines) is 1. The zero-order valence-corrected chi connectivity index (χ0v) is 18.4. The van der Waals surface area contributed by atoms with Gasteiger partial charge < -0.3 is 14.9 Å². The predicted molar refractivity (Wildman–Crippen MR) is 115 cm³/mol. The quantitative estimate of drug-likeness (QED) is 0.816. The second kappa shape index (κ2) is 8.06. The number of rotatable bonds is 4. The van der Waals surface area contributed by atoms with Gasteiger partial charge in [-0.1, -0.05) is 32.0 Å². The van der Waals surface area contributed by atoms with Crippen LogP contribution in [0.3, 0.4) is 0 Å². The van der Waals surface area contributed by atoms with E-state index in [1.54, 1.807) is 0 Å². The van der Waals surface area contributed by atoms with Gasteiger partial charge in [0.2, 0.25) is 0 Å². The molecule has 156 valence electrons. The maximum atomic E-state index is 12.8. The fraction of sp³-hybridized carbons (Fsp3) is 0.708. The summed E-state index contributed by atoms with van der Waals surface area (Å²) >= 11 is 0. The van der Waals surface area contributed by atoms with Crippen molar-refractivity contribution in [2.24, 2.45) is 5.92 Å². The van der Waals surface area contributed by atoms with Crippen LogP contribution in [0.2, 0.25) is 0 Å². The molecule has 0 unspecified atom stereocenters. The molecule has 2 amide bonds. The average Bonchev–Trinajstić information content (AvgIpc) is 2.68. The fourth-order valence-electron chi connectivity index (χ4n) is 4.87. The lowest BCUT2D eigenvalue weighted by Crippen LogP contribution is -2.46. The van der Waals surface area contributed by atoms with Gasteiger partial charge in [0, 0.05) is 26.7 Å². The van der Waals surface area contributed by atoms with Crippen LogP contribution in [-0.4, -0.2) is 47.6 Å². The van der Waals surface area contributed by atoms with Crippen molar-refractivity contribution in [3.63, 3.8) is 0 Å². The number of aryl methyl sites for hydroxylation is 1. The van der Waals surface area contributed by atoms with Crippen molar-refractivity contribution in [3.8, 4) is 0 Å². The number of amides is 2. The van der Waals surface area contributed by atoms with E-state index in [2.05, 4.69) is 32.0 Å². The normalized spacial score (nSPS) is 25.4. The van der Waals surface area contributed by atoms with Crippen LogP contribution in [0.5, 0.6) is 0 Å². The van der Waals surface area contributed by atoms with Crippen molar-refractivity contribution < 1.29 is 9.90 Å². The van der Waals surface area contributed by atoms with Gasteiger partial charge in [-0.2, -0.15) is 0 Å². The molecule has 2 aliphatic rings. The lowest BCUT2D eigenvalue weighted by molar-refractivity contribution is 0.0782. The summed E-state index contributed by atoms with van der Waals surface area (Å²) in [5.74, 6) is 0.551. The van der Waals surface area contributed by atoms with Gasteiger partial charge in [-0.15, -0.1) is 0 Å². The summed E-state index contributed by atoms with van der Waals surface area (Å²) in [4.78, 5) is 16.7. The average molecular weight is 387 g/mol. The Hall–Kier alpha value is -1.55. The lowest BCUT2D eigenvalue weighted by Gasteiger charge is -2.43. The van der Waals surface area contributed by atoms with Crippen molar-refractivity contribution in [2.45, 2.75) is 77.2 Å². The number of urea groups is 1. The van der Waals surface area contributed by atoms with Crippen molar-refractivity contribution in [2.75, 3.05) is 26.7 Å². The Balaban J connectivity index is 1.78. The molecule has 1 N–H and O–H groups in total. The second-order valence-corrected chi connectivity index (χ2v) is 9.79. The minimum atomic E-state index is -0.836. The zero-order chi connectivity index (χ0) is 20.5. The largest absolute Gasteiger partial charge is 0.386 e. The Morgan fingerprint density at radius 3 is 2.61 bits per heavy atom. The van der Waals surface area contributed by atoms with Gasteiger partial charge in [-0.25, -0.2) is 4.79 Å². The number of benzene rings is 1. The smallest absolute Gasteiger partial charge is 0.319 e. The first-order valence-electron chi connectivity index (χ1n) is 11.0. The van der Waals surface area contributed by atoms with Crippen LogP contribution in [0.25, 0.3) is 0 Å². The summed E-state index contributed by atoms with van der Waals surface area (Å²) in [7, 11) is 1.95. The topological polar surface area (TPSA) is 43.8 Å². The summed E-state index contributed by atoms with van der Waals surface area (Å²) in [6.45, 7) is 11.0. The van der Waals surface area contributed by atoms with Crippen LogP contribution in [-0.2, 0) is 17.4 Å². The summed E-state index contributed by atoms with van der Waals surface area (Å²) < 4.78 is 0. The summed E-state index contributed by atoms with van der Waals surface area (Å²) in [6, 6.07) is 6.67. The number of carbonyl (C=O) groups excluding carboxylic acids is 1. The summed E-state index contributed by atoms with van der Waals surface area (Å²) in [5.41, 5.74) is 2.93. The van der Waals surface area contributed by atoms with E-state index in [1.807, 2.05) is 30.7 Å². The van der Waals surface area contributed by atoms with E-state index in [0.29, 0.717) is 5.92 Å². The van der Waals surface area contributed by atoms with Crippen LogP contribution in [0.1, 0.15) is 76.5 Å². The fourth-order valence-corrected chi connectivity index (χ4v) is 4.87. The van der Waals surface area contributed by atoms with E-state index in [1.165, 1.54) is 24.0 Å². The monoisotopic (exact) mass is 386 g/mol. The van der Waals surface area contributed by atoms with E-state index in [4.69, 9.17) is 0 Å². The lowest BCUT2D eigenvalue weighted by atomic mass is 9.63. The summed E-state index contributed by atoms with van der Waals surface area (Å²) in [6.07, 6.45) is 6.72. The van der Waals surface area contributed by atoms with E-state index in [0.717, 1.165) is 50.9 Å². The molecule has 0 radical (unpaired) electrons. The van der Waals surface area contributed by atoms with Crippen LogP contribution in [0.15, 0.2) is 18.2 Å². The van der Waals surface area contributed by atoms with Gasteiger partial charge in [-0.05, 0) is 80.4 Å². The van der Waals surface area contributed by atoms with Crippen LogP contribution in [0.4, 0.5) is 4.79 Å². The molecule has 28 heavy (non-hydrogen) atoms. The summed E-state index contributed by atoms with van der Waals surface area (Å²) in [5, 5.41) is 10.5. The standard InChI is InChI=1S/C24H38N2O2/c1-18-9-10-19-11-12-20(23(2,3)28)17-21(19)24(18,4)13-16-25(5)22(27)26-14-7-6-8-15-26/h11-12,17-18,28H,6-10,13-16H2,1-5H3/t18-,24-/m1/s1. The van der Waals surface area contributed by atoms with Crippen LogP contribution < -0.4 is 0 Å². The van der Waals surface area contributed by atoms with Crippen molar-refractivity contribution in [1.82, 2.24) is 9.80 Å². The van der Waals surface area contributed by atoms with Crippen molar-refractivity contribution in [3.05, 3.63) is 34.9 Å². The van der Waals surface area contributed by atoms with E-state index in [-0.39, 0.29) is 11.4 Å². The maximum Gasteiger partial charge on any atom is 0.319 e. The van der Waals surface area contributed by atoms with E-state index < -0.39 is 5.60 Å². The third-order valence-corrected chi connectivity index (χ3v) is 7.29. The molecule has 0 saturated carbocycles. The van der Waals surface area contributed by atoms with E-state index >= 15 is 0 Å². The van der Waals surface area contributed by atoms with Crippen LogP contribution >= 0.6 is 0 Å². The number of nitrogens with zero attached hydrogens (tertiary/aromatic N) is 2. The van der Waals surface area contributed by atoms with Gasteiger partial charge in [0.25, 0.3) is 0 Å². The number of hydrogen-bond acceptors (Lipinski definition) is 2. The van der Waals surface area contributed by atoms with Crippen LogP contribution in [0, 0.1) is 5.92 Å². The first-order chi connectivity index (χ1) is 13.1. The first kappa shape index (κ1) is 21.2. The zero-order valence-electron chi connectivity index (χ0n) is 18.4. The van der Waals surface area contributed by atoms with Gasteiger partial charge >= 0.3 is 6.03 Å². The molecular formula is C24H38N2O2. The highest BCUT2D eigenvalue weighted by atomic mass is 16.3. The molecule has 1 aromatic rings. The third-order valence-electron chi connectivity index (χ3n) is 7.29.